The molecule has 2 aromatic rings. The molecule has 0 aliphatic carbocycles. The van der Waals surface area contributed by atoms with Crippen LogP contribution in [0.1, 0.15) is 5.69 Å². The second-order valence-corrected chi connectivity index (χ2v) is 4.49. The van der Waals surface area contributed by atoms with Crippen molar-refractivity contribution in [3.63, 3.8) is 0 Å². The van der Waals surface area contributed by atoms with E-state index in [2.05, 4.69) is 15.3 Å². The maximum Gasteiger partial charge on any atom is 0.401 e. The van der Waals surface area contributed by atoms with Crippen molar-refractivity contribution in [3.05, 3.63) is 30.4 Å². The van der Waals surface area contributed by atoms with E-state index in [1.165, 1.54) is 4.90 Å². The zero-order valence-corrected chi connectivity index (χ0v) is 11.1. The molecule has 8 heteroatoms. The van der Waals surface area contributed by atoms with Crippen LogP contribution < -0.4 is 5.32 Å². The Hall–Kier alpha value is -1.67. The van der Waals surface area contributed by atoms with Crippen LogP contribution in [0.5, 0.6) is 0 Å². The Bertz CT molecular complexity index is 518. The minimum absolute atomic E-state index is 0.143. The third-order valence-electron chi connectivity index (χ3n) is 2.75. The molecule has 2 rings (SSSR count). The van der Waals surface area contributed by atoms with E-state index in [0.29, 0.717) is 24.6 Å². The van der Waals surface area contributed by atoms with E-state index < -0.39 is 12.7 Å². The first-order valence-corrected chi connectivity index (χ1v) is 6.20. The molecule has 0 spiro atoms. The van der Waals surface area contributed by atoms with Crippen LogP contribution in [0.15, 0.2) is 24.7 Å². The minimum Gasteiger partial charge on any atom is -0.318 e. The van der Waals surface area contributed by atoms with Gasteiger partial charge in [0.05, 0.1) is 12.2 Å². The maximum absolute atomic E-state index is 12.5. The molecule has 0 atom stereocenters. The normalized spacial score (nSPS) is 12.4. The zero-order chi connectivity index (χ0) is 14.6. The van der Waals surface area contributed by atoms with Gasteiger partial charge >= 0.3 is 6.18 Å². The summed E-state index contributed by atoms with van der Waals surface area (Å²) < 4.78 is 39.3. The van der Waals surface area contributed by atoms with E-state index in [4.69, 9.17) is 0 Å². The molecule has 0 saturated carbocycles. The Labute approximate surface area is 114 Å². The number of imidazole rings is 1. The quantitative estimate of drug-likeness (QED) is 0.870. The molecule has 0 aliphatic rings. The maximum atomic E-state index is 12.5. The van der Waals surface area contributed by atoms with Gasteiger partial charge in [0.25, 0.3) is 0 Å². The molecule has 2 heterocycles. The molecule has 0 saturated heterocycles. The van der Waals surface area contributed by atoms with Gasteiger partial charge in [0.2, 0.25) is 5.78 Å². The number of aromatic nitrogens is 3. The summed E-state index contributed by atoms with van der Waals surface area (Å²) in [6.45, 7) is -0.0143. The number of halogens is 3. The third kappa shape index (κ3) is 4.17. The molecule has 5 nitrogen and oxygen atoms in total. The molecule has 1 N–H and O–H groups in total. The van der Waals surface area contributed by atoms with Gasteiger partial charge < -0.3 is 5.32 Å². The van der Waals surface area contributed by atoms with Crippen molar-refractivity contribution >= 4 is 5.78 Å². The van der Waals surface area contributed by atoms with Crippen LogP contribution in [-0.2, 0) is 6.54 Å². The summed E-state index contributed by atoms with van der Waals surface area (Å²) in [7, 11) is 1.71. The standard InChI is InChI=1S/C12H16F3N5/c1-16-4-6-19(9-12(13,14)15)7-10-8-20-5-2-3-17-11(20)18-10/h2-3,5,8,16H,4,6-7,9H2,1H3. The Morgan fingerprint density at radius 3 is 2.85 bits per heavy atom. The number of hydrogen-bond acceptors (Lipinski definition) is 4. The van der Waals surface area contributed by atoms with Crippen molar-refractivity contribution < 1.29 is 13.2 Å². The van der Waals surface area contributed by atoms with Gasteiger partial charge in [0, 0.05) is 38.2 Å². The topological polar surface area (TPSA) is 45.5 Å². The van der Waals surface area contributed by atoms with Gasteiger partial charge in [-0.15, -0.1) is 0 Å². The molecular weight excluding hydrogens is 271 g/mol. The fraction of sp³-hybridized carbons (Fsp3) is 0.500. The highest BCUT2D eigenvalue weighted by Gasteiger charge is 2.30. The fourth-order valence-electron chi connectivity index (χ4n) is 1.92. The first-order valence-electron chi connectivity index (χ1n) is 6.20. The molecule has 0 amide bonds. The Kier molecular flexibility index (Phi) is 4.56. The lowest BCUT2D eigenvalue weighted by Crippen LogP contribution is -2.37. The molecule has 0 aromatic carbocycles. The third-order valence-corrected chi connectivity index (χ3v) is 2.75. The van der Waals surface area contributed by atoms with E-state index in [9.17, 15) is 13.2 Å². The summed E-state index contributed by atoms with van der Waals surface area (Å²) >= 11 is 0. The van der Waals surface area contributed by atoms with Crippen LogP contribution in [0.3, 0.4) is 0 Å². The number of nitrogens with one attached hydrogen (secondary N) is 1. The lowest BCUT2D eigenvalue weighted by molar-refractivity contribution is -0.147. The average Bonchev–Trinajstić information content (AvgIpc) is 2.76. The Morgan fingerprint density at radius 2 is 2.20 bits per heavy atom. The monoisotopic (exact) mass is 287 g/mol. The van der Waals surface area contributed by atoms with Crippen molar-refractivity contribution in [2.24, 2.45) is 0 Å². The van der Waals surface area contributed by atoms with E-state index >= 15 is 0 Å². The predicted molar refractivity (Wildman–Crippen MR) is 68.2 cm³/mol. The highest BCUT2D eigenvalue weighted by molar-refractivity contribution is 5.29. The van der Waals surface area contributed by atoms with Gasteiger partial charge in [0.15, 0.2) is 0 Å². The van der Waals surface area contributed by atoms with Crippen molar-refractivity contribution in [2.45, 2.75) is 12.7 Å². The molecule has 110 valence electrons. The minimum atomic E-state index is -4.22. The first kappa shape index (κ1) is 14.7. The molecule has 0 aliphatic heterocycles. The van der Waals surface area contributed by atoms with Gasteiger partial charge in [0.1, 0.15) is 0 Å². The van der Waals surface area contributed by atoms with Gasteiger partial charge in [-0.2, -0.15) is 13.2 Å². The number of rotatable bonds is 6. The first-order chi connectivity index (χ1) is 9.48. The summed E-state index contributed by atoms with van der Waals surface area (Å²) in [5, 5.41) is 2.85. The second kappa shape index (κ2) is 6.19. The fourth-order valence-corrected chi connectivity index (χ4v) is 1.92. The number of alkyl halides is 3. The van der Waals surface area contributed by atoms with Crippen LogP contribution in [-0.4, -0.2) is 52.1 Å². The molecule has 0 fully saturated rings. The van der Waals surface area contributed by atoms with Gasteiger partial charge in [-0.05, 0) is 13.1 Å². The molecule has 0 unspecified atom stereocenters. The highest BCUT2D eigenvalue weighted by atomic mass is 19.4. The van der Waals surface area contributed by atoms with Crippen molar-refractivity contribution in [1.29, 1.82) is 0 Å². The predicted octanol–water partition coefficient (Wildman–Crippen LogP) is 1.31. The number of nitrogens with zero attached hydrogens (tertiary/aromatic N) is 4. The average molecular weight is 287 g/mol. The largest absolute Gasteiger partial charge is 0.401 e. The van der Waals surface area contributed by atoms with Gasteiger partial charge in [-0.1, -0.05) is 0 Å². The second-order valence-electron chi connectivity index (χ2n) is 4.49. The van der Waals surface area contributed by atoms with Crippen LogP contribution in [0.2, 0.25) is 0 Å². The summed E-state index contributed by atoms with van der Waals surface area (Å²) in [5.41, 5.74) is 0.573. The van der Waals surface area contributed by atoms with E-state index in [1.54, 1.807) is 36.1 Å². The zero-order valence-electron chi connectivity index (χ0n) is 11.1. The molecule has 20 heavy (non-hydrogen) atoms. The Balaban J connectivity index is 2.09. The summed E-state index contributed by atoms with van der Waals surface area (Å²) in [5.74, 6) is 0.489. The summed E-state index contributed by atoms with van der Waals surface area (Å²) in [6, 6.07) is 1.74. The molecular formula is C12H16F3N5. The van der Waals surface area contributed by atoms with Crippen molar-refractivity contribution in [2.75, 3.05) is 26.7 Å². The Morgan fingerprint density at radius 1 is 1.40 bits per heavy atom. The summed E-state index contributed by atoms with van der Waals surface area (Å²) in [4.78, 5) is 9.58. The molecule has 0 radical (unpaired) electrons. The number of hydrogen-bond donors (Lipinski definition) is 1. The van der Waals surface area contributed by atoms with Gasteiger partial charge in [-0.25, -0.2) is 9.97 Å². The van der Waals surface area contributed by atoms with Crippen LogP contribution >= 0.6 is 0 Å². The lowest BCUT2D eigenvalue weighted by Gasteiger charge is -2.22. The summed E-state index contributed by atoms with van der Waals surface area (Å²) in [6.07, 6.45) is 0.845. The number of fused-ring (bicyclic) bond motifs is 1. The van der Waals surface area contributed by atoms with Gasteiger partial charge in [-0.3, -0.25) is 9.30 Å². The van der Waals surface area contributed by atoms with Crippen LogP contribution in [0.4, 0.5) is 13.2 Å². The lowest BCUT2D eigenvalue weighted by atomic mass is 10.3. The van der Waals surface area contributed by atoms with Crippen molar-refractivity contribution in [3.8, 4) is 0 Å². The number of likely N-dealkylation sites (N-methyl/N-ethyl adjacent to an activating group) is 1. The van der Waals surface area contributed by atoms with E-state index in [-0.39, 0.29) is 6.54 Å². The van der Waals surface area contributed by atoms with Crippen LogP contribution in [0.25, 0.3) is 5.78 Å². The molecule has 2 aromatic heterocycles. The van der Waals surface area contributed by atoms with E-state index in [0.717, 1.165) is 0 Å². The smallest absolute Gasteiger partial charge is 0.318 e. The van der Waals surface area contributed by atoms with Crippen molar-refractivity contribution in [1.82, 2.24) is 24.6 Å². The SMILES string of the molecule is CNCCN(Cc1cn2cccnc2n1)CC(F)(F)F. The highest BCUT2D eigenvalue weighted by Crippen LogP contribution is 2.17. The molecule has 0 bridgehead atoms. The van der Waals surface area contributed by atoms with Crippen LogP contribution in [0, 0.1) is 0 Å². The van der Waals surface area contributed by atoms with E-state index in [1.807, 2.05) is 0 Å².